The van der Waals surface area contributed by atoms with Gasteiger partial charge < -0.3 is 14.6 Å². The number of halogens is 2. The first-order valence-electron chi connectivity index (χ1n) is 8.80. The van der Waals surface area contributed by atoms with E-state index in [0.29, 0.717) is 17.0 Å². The zero-order valence-corrected chi connectivity index (χ0v) is 16.2. The molecule has 0 saturated carbocycles. The Bertz CT molecular complexity index is 1110. The van der Waals surface area contributed by atoms with Gasteiger partial charge in [0.15, 0.2) is 0 Å². The van der Waals surface area contributed by atoms with Crippen molar-refractivity contribution in [3.05, 3.63) is 81.3 Å². The van der Waals surface area contributed by atoms with Gasteiger partial charge >= 0.3 is 0 Å². The van der Waals surface area contributed by atoms with Crippen LogP contribution in [0.3, 0.4) is 0 Å². The molecule has 1 heterocycles. The minimum Gasteiger partial charge on any atom is -0.497 e. The molecule has 2 aromatic carbocycles. The van der Waals surface area contributed by atoms with Crippen molar-refractivity contribution in [1.82, 2.24) is 9.55 Å². The lowest BCUT2D eigenvalue weighted by molar-refractivity contribution is 0.415. The fourth-order valence-electron chi connectivity index (χ4n) is 2.84. The Kier molecular flexibility index (Phi) is 6.01. The van der Waals surface area contributed by atoms with Crippen molar-refractivity contribution in [3.63, 3.8) is 0 Å². The number of benzene rings is 2. The van der Waals surface area contributed by atoms with Gasteiger partial charge in [0, 0.05) is 37.3 Å². The van der Waals surface area contributed by atoms with Crippen LogP contribution in [0.25, 0.3) is 0 Å². The summed E-state index contributed by atoms with van der Waals surface area (Å²) in [5.74, 6) is -0.497. The third kappa shape index (κ3) is 4.84. The summed E-state index contributed by atoms with van der Waals surface area (Å²) >= 11 is 0. The van der Waals surface area contributed by atoms with Crippen LogP contribution >= 0.6 is 0 Å². The zero-order valence-electron chi connectivity index (χ0n) is 16.2. The molecule has 0 fully saturated rings. The smallest absolute Gasteiger partial charge is 0.283 e. The van der Waals surface area contributed by atoms with E-state index < -0.39 is 17.2 Å². The van der Waals surface area contributed by atoms with Gasteiger partial charge in [-0.15, -0.1) is 0 Å². The molecule has 1 aromatic heterocycles. The van der Waals surface area contributed by atoms with Gasteiger partial charge in [-0.2, -0.15) is 4.98 Å². The lowest BCUT2D eigenvalue weighted by atomic mass is 10.2. The number of hydrogen-bond donors (Lipinski definition) is 1. The molecule has 0 aliphatic rings. The summed E-state index contributed by atoms with van der Waals surface area (Å²) in [6.45, 7) is 1.99. The maximum absolute atomic E-state index is 13.6. The Labute approximate surface area is 166 Å². The molecule has 29 heavy (non-hydrogen) atoms. The number of anilines is 2. The number of aryl methyl sites for hydroxylation is 1. The Morgan fingerprint density at radius 1 is 1.21 bits per heavy atom. The van der Waals surface area contributed by atoms with Crippen LogP contribution in [0.1, 0.15) is 16.7 Å². The van der Waals surface area contributed by atoms with E-state index in [4.69, 9.17) is 4.74 Å². The molecule has 3 rings (SSSR count). The molecule has 0 amide bonds. The number of aromatic nitrogens is 2. The molecule has 0 radical (unpaired) electrons. The largest absolute Gasteiger partial charge is 0.497 e. The van der Waals surface area contributed by atoms with Gasteiger partial charge in [-0.05, 0) is 36.2 Å². The zero-order chi connectivity index (χ0) is 21.0. The molecule has 0 aliphatic carbocycles. The summed E-state index contributed by atoms with van der Waals surface area (Å²) in [7, 11) is 3.09. The second kappa shape index (κ2) is 8.64. The van der Waals surface area contributed by atoms with Crippen molar-refractivity contribution in [2.75, 3.05) is 19.5 Å². The van der Waals surface area contributed by atoms with E-state index in [0.717, 1.165) is 11.6 Å². The Balaban J connectivity index is 2.08. The predicted octanol–water partition coefficient (Wildman–Crippen LogP) is 3.68. The van der Waals surface area contributed by atoms with Crippen LogP contribution in [-0.2, 0) is 6.54 Å². The van der Waals surface area contributed by atoms with Crippen molar-refractivity contribution in [3.8, 4) is 5.75 Å². The number of hydrogen-bond acceptors (Lipinski definition) is 5. The molecule has 150 valence electrons. The fourth-order valence-corrected chi connectivity index (χ4v) is 2.84. The number of rotatable bonds is 6. The van der Waals surface area contributed by atoms with Crippen molar-refractivity contribution >= 4 is 17.9 Å². The summed E-state index contributed by atoms with van der Waals surface area (Å²) in [5.41, 5.74) is 1.77. The van der Waals surface area contributed by atoms with Gasteiger partial charge in [-0.1, -0.05) is 6.07 Å². The van der Waals surface area contributed by atoms with E-state index >= 15 is 0 Å². The van der Waals surface area contributed by atoms with E-state index in [1.54, 1.807) is 23.9 Å². The van der Waals surface area contributed by atoms with Gasteiger partial charge in [-0.3, -0.25) is 9.79 Å². The summed E-state index contributed by atoms with van der Waals surface area (Å²) in [6, 6.07) is 8.72. The van der Waals surface area contributed by atoms with Gasteiger partial charge in [0.05, 0.1) is 19.2 Å². The first kappa shape index (κ1) is 20.2. The average molecular weight is 398 g/mol. The van der Waals surface area contributed by atoms with Crippen molar-refractivity contribution in [2.45, 2.75) is 13.5 Å². The van der Waals surface area contributed by atoms with Crippen molar-refractivity contribution in [2.24, 2.45) is 4.99 Å². The second-order valence-electron chi connectivity index (χ2n) is 6.42. The van der Waals surface area contributed by atoms with Crippen LogP contribution in [-0.4, -0.2) is 29.9 Å². The minimum atomic E-state index is -0.678. The van der Waals surface area contributed by atoms with Gasteiger partial charge in [0.25, 0.3) is 5.56 Å². The van der Waals surface area contributed by atoms with Crippen LogP contribution in [0.5, 0.6) is 5.75 Å². The normalized spacial score (nSPS) is 11.1. The van der Waals surface area contributed by atoms with Gasteiger partial charge in [-0.25, -0.2) is 8.78 Å². The van der Waals surface area contributed by atoms with Gasteiger partial charge in [0.1, 0.15) is 17.4 Å². The number of aliphatic imine (C=N–C) groups is 1. The molecule has 0 unspecified atom stereocenters. The summed E-state index contributed by atoms with van der Waals surface area (Å²) in [6.07, 6.45) is 2.93. The van der Waals surface area contributed by atoms with Crippen LogP contribution in [0.2, 0.25) is 0 Å². The monoisotopic (exact) mass is 398 g/mol. The molecule has 8 heteroatoms. The first-order valence-corrected chi connectivity index (χ1v) is 8.80. The summed E-state index contributed by atoms with van der Waals surface area (Å²) in [4.78, 5) is 20.3. The molecule has 0 bridgehead atoms. The molecule has 1 N–H and O–H groups in total. The second-order valence-corrected chi connectivity index (χ2v) is 6.42. The standard InChI is InChI=1S/C21H20F2N4O2/c1-13-4-5-18(29-3)9-19(13)25-21-26-20(28)15(10-24-2)12-27(21)11-14-6-16(22)8-17(23)7-14/h4-10,12H,11H2,1-3H3,(H,25,26,28)/b24-10+. The molecular weight excluding hydrogens is 378 g/mol. The van der Waals surface area contributed by atoms with E-state index in [1.807, 2.05) is 19.1 Å². The first-order chi connectivity index (χ1) is 13.9. The highest BCUT2D eigenvalue weighted by molar-refractivity contribution is 5.78. The number of nitrogens with one attached hydrogen (secondary N) is 1. The Hall–Kier alpha value is -3.55. The van der Waals surface area contributed by atoms with E-state index in [2.05, 4.69) is 15.3 Å². The average Bonchev–Trinajstić information content (AvgIpc) is 2.66. The van der Waals surface area contributed by atoms with E-state index in [1.165, 1.54) is 25.4 Å². The SMILES string of the molecule is C/N=C/c1cn(Cc2cc(F)cc(F)c2)c(Nc2cc(OC)ccc2C)nc1=O. The topological polar surface area (TPSA) is 68.5 Å². The quantitative estimate of drug-likeness (QED) is 0.643. The van der Waals surface area contributed by atoms with Crippen molar-refractivity contribution < 1.29 is 13.5 Å². The third-order valence-electron chi connectivity index (χ3n) is 4.26. The van der Waals surface area contributed by atoms with Crippen LogP contribution in [0, 0.1) is 18.6 Å². The fraction of sp³-hybridized carbons (Fsp3) is 0.190. The maximum Gasteiger partial charge on any atom is 0.283 e. The molecule has 6 nitrogen and oxygen atoms in total. The Morgan fingerprint density at radius 2 is 1.93 bits per heavy atom. The maximum atomic E-state index is 13.6. The predicted molar refractivity (Wildman–Crippen MR) is 108 cm³/mol. The molecule has 3 aromatic rings. The molecule has 0 atom stereocenters. The van der Waals surface area contributed by atoms with Crippen LogP contribution < -0.4 is 15.6 Å². The molecule has 0 spiro atoms. The van der Waals surface area contributed by atoms with E-state index in [9.17, 15) is 13.6 Å². The highest BCUT2D eigenvalue weighted by atomic mass is 19.1. The number of methoxy groups -OCH3 is 1. The van der Waals surface area contributed by atoms with E-state index in [-0.39, 0.29) is 18.1 Å². The lowest BCUT2D eigenvalue weighted by Crippen LogP contribution is -2.21. The molecule has 0 saturated heterocycles. The Morgan fingerprint density at radius 3 is 2.59 bits per heavy atom. The number of ether oxygens (including phenoxy) is 1. The van der Waals surface area contributed by atoms with Gasteiger partial charge in [0.2, 0.25) is 5.95 Å². The van der Waals surface area contributed by atoms with Crippen LogP contribution in [0.15, 0.2) is 52.4 Å². The minimum absolute atomic E-state index is 0.0951. The summed E-state index contributed by atoms with van der Waals surface area (Å²) in [5, 5.41) is 3.12. The third-order valence-corrected chi connectivity index (χ3v) is 4.26. The van der Waals surface area contributed by atoms with Crippen LogP contribution in [0.4, 0.5) is 20.4 Å². The highest BCUT2D eigenvalue weighted by Crippen LogP contribution is 2.25. The summed E-state index contributed by atoms with van der Waals surface area (Å²) < 4.78 is 34.1. The molecule has 0 aliphatic heterocycles. The molecular formula is C21H20F2N4O2. The highest BCUT2D eigenvalue weighted by Gasteiger charge is 2.11. The number of nitrogens with zero attached hydrogens (tertiary/aromatic N) is 3. The lowest BCUT2D eigenvalue weighted by Gasteiger charge is -2.16. The van der Waals surface area contributed by atoms with Crippen molar-refractivity contribution in [1.29, 1.82) is 0 Å².